The molecule has 0 unspecified atom stereocenters. The number of rotatable bonds is 2. The minimum atomic E-state index is -0.201. The fraction of sp³-hybridized carbons (Fsp3) is 0. The van der Waals surface area contributed by atoms with E-state index in [-0.39, 0.29) is 5.91 Å². The van der Waals surface area contributed by atoms with Crippen LogP contribution in [0.15, 0.2) is 91.1 Å². The second kappa shape index (κ2) is 7.96. The van der Waals surface area contributed by atoms with Crippen molar-refractivity contribution in [3.05, 3.63) is 113 Å². The van der Waals surface area contributed by atoms with Crippen molar-refractivity contribution in [2.75, 3.05) is 0 Å². The van der Waals surface area contributed by atoms with Gasteiger partial charge in [-0.1, -0.05) is 53.8 Å². The highest BCUT2D eigenvalue weighted by Gasteiger charge is 2.11. The van der Waals surface area contributed by atoms with Crippen LogP contribution in [0.5, 0.6) is 0 Å². The standard InChI is InChI=1S/C24H15ClN2O/c25-22-14-12-21(13-15-22)24(28)27-17-16-23(26-27)20-10-8-19(9-11-20)7-6-18-4-2-1-3-5-18/h1-5,8-17H. The Morgan fingerprint density at radius 1 is 0.786 bits per heavy atom. The van der Waals surface area contributed by atoms with E-state index >= 15 is 0 Å². The molecule has 4 aromatic rings. The normalized spacial score (nSPS) is 10.2. The van der Waals surface area contributed by atoms with Crippen LogP contribution < -0.4 is 0 Å². The highest BCUT2D eigenvalue weighted by Crippen LogP contribution is 2.18. The zero-order valence-electron chi connectivity index (χ0n) is 14.8. The van der Waals surface area contributed by atoms with E-state index in [4.69, 9.17) is 11.6 Å². The average Bonchev–Trinajstić information content (AvgIpc) is 3.24. The van der Waals surface area contributed by atoms with E-state index < -0.39 is 0 Å². The van der Waals surface area contributed by atoms with Gasteiger partial charge in [0.2, 0.25) is 0 Å². The number of hydrogen-bond acceptors (Lipinski definition) is 2. The predicted molar refractivity (Wildman–Crippen MR) is 111 cm³/mol. The lowest BCUT2D eigenvalue weighted by molar-refractivity contribution is 0.0945. The molecular formula is C24H15ClN2O. The number of benzene rings is 3. The summed E-state index contributed by atoms with van der Waals surface area (Å²) in [5.74, 6) is 6.09. The van der Waals surface area contributed by atoms with Gasteiger partial charge in [0.05, 0.1) is 5.69 Å². The van der Waals surface area contributed by atoms with Crippen LogP contribution in [0.3, 0.4) is 0 Å². The monoisotopic (exact) mass is 382 g/mol. The lowest BCUT2D eigenvalue weighted by Gasteiger charge is -2.01. The fourth-order valence-corrected chi connectivity index (χ4v) is 2.83. The zero-order chi connectivity index (χ0) is 19.3. The van der Waals surface area contributed by atoms with Crippen molar-refractivity contribution in [2.24, 2.45) is 0 Å². The summed E-state index contributed by atoms with van der Waals surface area (Å²) in [5.41, 5.74) is 4.08. The molecule has 3 aromatic carbocycles. The van der Waals surface area contributed by atoms with E-state index in [9.17, 15) is 4.79 Å². The van der Waals surface area contributed by atoms with Crippen LogP contribution in [0, 0.1) is 11.8 Å². The summed E-state index contributed by atoms with van der Waals surface area (Å²) in [6, 6.07) is 26.2. The smallest absolute Gasteiger partial charge is 0.267 e. The first-order valence-electron chi connectivity index (χ1n) is 8.72. The molecule has 0 fully saturated rings. The first-order chi connectivity index (χ1) is 13.7. The number of hydrogen-bond donors (Lipinski definition) is 0. The third-order valence-electron chi connectivity index (χ3n) is 4.19. The quantitative estimate of drug-likeness (QED) is 0.441. The lowest BCUT2D eigenvalue weighted by atomic mass is 10.1. The number of aromatic nitrogens is 2. The molecule has 134 valence electrons. The van der Waals surface area contributed by atoms with Gasteiger partial charge in [0.25, 0.3) is 5.91 Å². The first-order valence-corrected chi connectivity index (χ1v) is 9.10. The molecule has 0 atom stereocenters. The van der Waals surface area contributed by atoms with Crippen molar-refractivity contribution >= 4 is 17.5 Å². The van der Waals surface area contributed by atoms with E-state index in [1.807, 2.05) is 60.7 Å². The average molecular weight is 383 g/mol. The summed E-state index contributed by atoms with van der Waals surface area (Å²) in [6.07, 6.45) is 1.66. The van der Waals surface area contributed by atoms with Gasteiger partial charge in [0.1, 0.15) is 0 Å². The second-order valence-corrected chi connectivity index (χ2v) is 6.59. The number of carbonyl (C=O) groups excluding carboxylic acids is 1. The van der Waals surface area contributed by atoms with E-state index in [0.717, 1.165) is 22.4 Å². The maximum Gasteiger partial charge on any atom is 0.278 e. The van der Waals surface area contributed by atoms with Crippen molar-refractivity contribution < 1.29 is 4.79 Å². The van der Waals surface area contributed by atoms with Crippen LogP contribution >= 0.6 is 11.6 Å². The largest absolute Gasteiger partial charge is 0.278 e. The third kappa shape index (κ3) is 4.03. The minimum absolute atomic E-state index is 0.201. The molecule has 4 heteroatoms. The highest BCUT2D eigenvalue weighted by atomic mass is 35.5. The molecule has 0 spiro atoms. The fourth-order valence-electron chi connectivity index (χ4n) is 2.71. The topological polar surface area (TPSA) is 34.9 Å². The Labute approximate surface area is 168 Å². The Balaban J connectivity index is 1.52. The molecule has 0 aliphatic carbocycles. The third-order valence-corrected chi connectivity index (χ3v) is 4.45. The molecule has 28 heavy (non-hydrogen) atoms. The van der Waals surface area contributed by atoms with Crippen LogP contribution in [-0.4, -0.2) is 15.7 Å². The molecule has 0 bridgehead atoms. The van der Waals surface area contributed by atoms with Crippen LogP contribution in [0.25, 0.3) is 11.3 Å². The van der Waals surface area contributed by atoms with Gasteiger partial charge in [-0.15, -0.1) is 0 Å². The molecular weight excluding hydrogens is 368 g/mol. The van der Waals surface area contributed by atoms with Crippen molar-refractivity contribution in [1.82, 2.24) is 9.78 Å². The van der Waals surface area contributed by atoms with Crippen molar-refractivity contribution in [3.8, 4) is 23.1 Å². The molecule has 0 amide bonds. The Bertz CT molecular complexity index is 1170. The van der Waals surface area contributed by atoms with Gasteiger partial charge < -0.3 is 0 Å². The second-order valence-electron chi connectivity index (χ2n) is 6.15. The minimum Gasteiger partial charge on any atom is -0.267 e. The van der Waals surface area contributed by atoms with Gasteiger partial charge in [-0.3, -0.25) is 4.79 Å². The maximum absolute atomic E-state index is 12.5. The molecule has 3 nitrogen and oxygen atoms in total. The van der Waals surface area contributed by atoms with Crippen LogP contribution in [0.4, 0.5) is 0 Å². The molecule has 1 heterocycles. The summed E-state index contributed by atoms with van der Waals surface area (Å²) in [5, 5.41) is 4.99. The Hall–Kier alpha value is -3.61. The molecule has 0 saturated carbocycles. The van der Waals surface area contributed by atoms with Gasteiger partial charge >= 0.3 is 0 Å². The van der Waals surface area contributed by atoms with Crippen molar-refractivity contribution in [3.63, 3.8) is 0 Å². The maximum atomic E-state index is 12.5. The van der Waals surface area contributed by atoms with Crippen LogP contribution in [0.1, 0.15) is 21.5 Å². The molecule has 4 rings (SSSR count). The van der Waals surface area contributed by atoms with Crippen molar-refractivity contribution in [2.45, 2.75) is 0 Å². The Morgan fingerprint density at radius 3 is 2.11 bits per heavy atom. The Morgan fingerprint density at radius 2 is 1.43 bits per heavy atom. The van der Waals surface area contributed by atoms with Gasteiger partial charge in [0.15, 0.2) is 0 Å². The molecule has 0 aliphatic heterocycles. The van der Waals surface area contributed by atoms with E-state index in [1.165, 1.54) is 4.68 Å². The number of halogens is 1. The summed E-state index contributed by atoms with van der Waals surface area (Å²) in [6.45, 7) is 0. The lowest BCUT2D eigenvalue weighted by Crippen LogP contribution is -2.12. The summed E-state index contributed by atoms with van der Waals surface area (Å²) in [4.78, 5) is 12.5. The molecule has 0 N–H and O–H groups in total. The van der Waals surface area contributed by atoms with Crippen LogP contribution in [0.2, 0.25) is 5.02 Å². The Kier molecular flexibility index (Phi) is 5.05. The summed E-state index contributed by atoms with van der Waals surface area (Å²) >= 11 is 5.87. The van der Waals surface area contributed by atoms with Crippen molar-refractivity contribution in [1.29, 1.82) is 0 Å². The molecule has 0 radical (unpaired) electrons. The number of nitrogens with zero attached hydrogens (tertiary/aromatic N) is 2. The van der Waals surface area contributed by atoms with Gasteiger partial charge in [-0.2, -0.15) is 5.10 Å². The predicted octanol–water partition coefficient (Wildman–Crippen LogP) is 5.29. The van der Waals surface area contributed by atoms with Gasteiger partial charge in [-0.25, -0.2) is 4.68 Å². The summed E-state index contributed by atoms with van der Waals surface area (Å²) < 4.78 is 1.34. The van der Waals surface area contributed by atoms with Gasteiger partial charge in [0, 0.05) is 33.5 Å². The summed E-state index contributed by atoms with van der Waals surface area (Å²) in [7, 11) is 0. The van der Waals surface area contributed by atoms with E-state index in [2.05, 4.69) is 16.9 Å². The van der Waals surface area contributed by atoms with Gasteiger partial charge in [-0.05, 0) is 54.6 Å². The van der Waals surface area contributed by atoms with E-state index in [1.54, 1.807) is 30.5 Å². The molecule has 0 aliphatic rings. The first kappa shape index (κ1) is 17.8. The molecule has 0 saturated heterocycles. The SMILES string of the molecule is O=C(c1ccc(Cl)cc1)n1ccc(-c2ccc(C#Cc3ccccc3)cc2)n1. The highest BCUT2D eigenvalue weighted by molar-refractivity contribution is 6.30. The van der Waals surface area contributed by atoms with Crippen LogP contribution in [-0.2, 0) is 0 Å². The molecule has 1 aromatic heterocycles. The number of carbonyl (C=O) groups is 1. The van der Waals surface area contributed by atoms with E-state index in [0.29, 0.717) is 10.6 Å². The zero-order valence-corrected chi connectivity index (χ0v) is 15.6.